The van der Waals surface area contributed by atoms with Crippen molar-refractivity contribution in [3.63, 3.8) is 0 Å². The van der Waals surface area contributed by atoms with Gasteiger partial charge in [0.25, 0.3) is 0 Å². The molecule has 178 valence electrons. The van der Waals surface area contributed by atoms with E-state index in [0.29, 0.717) is 13.2 Å². The van der Waals surface area contributed by atoms with Crippen LogP contribution < -0.4 is 14.4 Å². The monoisotopic (exact) mass is 463 g/mol. The average Bonchev–Trinajstić information content (AvgIpc) is 2.93. The van der Waals surface area contributed by atoms with Crippen LogP contribution in [0.4, 0.5) is 5.69 Å². The fraction of sp³-hybridized carbons (Fsp3) is 0.250. The summed E-state index contributed by atoms with van der Waals surface area (Å²) in [5.74, 6) is 2.52. The molecule has 1 aliphatic rings. The second-order valence-electron chi connectivity index (χ2n) is 9.30. The van der Waals surface area contributed by atoms with Crippen LogP contribution in [0.15, 0.2) is 109 Å². The number of piperidine rings is 1. The van der Waals surface area contributed by atoms with Crippen LogP contribution in [-0.4, -0.2) is 13.1 Å². The molecule has 1 fully saturated rings. The third-order valence-corrected chi connectivity index (χ3v) is 6.74. The molecule has 3 heteroatoms. The summed E-state index contributed by atoms with van der Waals surface area (Å²) in [6, 6.07) is 37.8. The summed E-state index contributed by atoms with van der Waals surface area (Å²) >= 11 is 0. The summed E-state index contributed by atoms with van der Waals surface area (Å²) in [6.45, 7) is 3.18. The van der Waals surface area contributed by atoms with E-state index in [1.54, 1.807) is 0 Å². The quantitative estimate of drug-likeness (QED) is 0.260. The molecule has 0 unspecified atom stereocenters. The van der Waals surface area contributed by atoms with Gasteiger partial charge in [-0.2, -0.15) is 0 Å². The molecule has 5 rings (SSSR count). The second kappa shape index (κ2) is 11.6. The molecule has 0 amide bonds. The lowest BCUT2D eigenvalue weighted by molar-refractivity contribution is 0.296. The summed E-state index contributed by atoms with van der Waals surface area (Å²) in [7, 11) is 0. The van der Waals surface area contributed by atoms with E-state index >= 15 is 0 Å². The summed E-state index contributed by atoms with van der Waals surface area (Å²) in [5, 5.41) is 0. The fourth-order valence-electron chi connectivity index (χ4n) is 4.76. The van der Waals surface area contributed by atoms with E-state index < -0.39 is 0 Å². The first-order valence-electron chi connectivity index (χ1n) is 12.6. The van der Waals surface area contributed by atoms with Crippen LogP contribution in [-0.2, 0) is 19.6 Å². The van der Waals surface area contributed by atoms with Crippen molar-refractivity contribution >= 4 is 5.69 Å². The van der Waals surface area contributed by atoms with Crippen LogP contribution in [0.1, 0.15) is 29.5 Å². The molecular formula is C32H33NO2. The molecule has 0 spiro atoms. The molecule has 0 radical (unpaired) electrons. The van der Waals surface area contributed by atoms with E-state index in [1.165, 1.54) is 29.5 Å². The molecule has 0 aromatic heterocycles. The number of nitrogens with zero attached hydrogens (tertiary/aromatic N) is 1. The van der Waals surface area contributed by atoms with Gasteiger partial charge in [0.1, 0.15) is 24.7 Å². The van der Waals surface area contributed by atoms with Crippen molar-refractivity contribution < 1.29 is 9.47 Å². The molecule has 3 nitrogen and oxygen atoms in total. The molecule has 0 saturated carbocycles. The number of hydrogen-bond donors (Lipinski definition) is 0. The van der Waals surface area contributed by atoms with Crippen LogP contribution in [0.3, 0.4) is 0 Å². The van der Waals surface area contributed by atoms with E-state index in [2.05, 4.69) is 83.8 Å². The molecule has 0 atom stereocenters. The van der Waals surface area contributed by atoms with Crippen molar-refractivity contribution in [3.05, 3.63) is 126 Å². The van der Waals surface area contributed by atoms with Gasteiger partial charge in [0.15, 0.2) is 0 Å². The van der Waals surface area contributed by atoms with Crippen LogP contribution >= 0.6 is 0 Å². The predicted octanol–water partition coefficient (Wildman–Crippen LogP) is 7.30. The highest BCUT2D eigenvalue weighted by Gasteiger charge is 2.22. The number of rotatable bonds is 9. The minimum absolute atomic E-state index is 0.558. The van der Waals surface area contributed by atoms with E-state index in [1.807, 2.05) is 30.3 Å². The van der Waals surface area contributed by atoms with Gasteiger partial charge in [0, 0.05) is 19.2 Å². The van der Waals surface area contributed by atoms with Gasteiger partial charge in [-0.05, 0) is 54.0 Å². The van der Waals surface area contributed by atoms with Gasteiger partial charge >= 0.3 is 0 Å². The van der Waals surface area contributed by atoms with Gasteiger partial charge in [-0.15, -0.1) is 0 Å². The molecule has 4 aromatic carbocycles. The zero-order valence-electron chi connectivity index (χ0n) is 20.2. The Morgan fingerprint density at radius 1 is 0.600 bits per heavy atom. The third-order valence-electron chi connectivity index (χ3n) is 6.74. The first-order chi connectivity index (χ1) is 17.3. The van der Waals surface area contributed by atoms with Crippen molar-refractivity contribution in [2.75, 3.05) is 18.0 Å². The molecule has 1 aliphatic heterocycles. The Bertz CT molecular complexity index is 1170. The predicted molar refractivity (Wildman–Crippen MR) is 143 cm³/mol. The van der Waals surface area contributed by atoms with E-state index in [9.17, 15) is 0 Å². The fourth-order valence-corrected chi connectivity index (χ4v) is 4.76. The Morgan fingerprint density at radius 3 is 1.74 bits per heavy atom. The maximum Gasteiger partial charge on any atom is 0.143 e. The van der Waals surface area contributed by atoms with Crippen molar-refractivity contribution in [3.8, 4) is 11.5 Å². The van der Waals surface area contributed by atoms with Crippen molar-refractivity contribution in [1.82, 2.24) is 0 Å². The zero-order valence-corrected chi connectivity index (χ0v) is 20.2. The minimum atomic E-state index is 0.558. The van der Waals surface area contributed by atoms with Crippen LogP contribution in [0.25, 0.3) is 0 Å². The summed E-state index contributed by atoms with van der Waals surface area (Å²) in [5.41, 5.74) is 4.91. The van der Waals surface area contributed by atoms with Crippen molar-refractivity contribution in [2.45, 2.75) is 32.5 Å². The Labute approximate surface area is 209 Å². The highest BCUT2D eigenvalue weighted by Crippen LogP contribution is 2.36. The number of anilines is 1. The Morgan fingerprint density at radius 2 is 1.14 bits per heavy atom. The number of benzene rings is 4. The smallest absolute Gasteiger partial charge is 0.143 e. The minimum Gasteiger partial charge on any atom is -0.489 e. The van der Waals surface area contributed by atoms with Gasteiger partial charge in [-0.25, -0.2) is 0 Å². The molecule has 0 bridgehead atoms. The molecule has 1 heterocycles. The standard InChI is InChI=1S/C32H33NO2/c1-4-10-26(11-5-1)22-27-18-20-33(21-19-27)31-23-30(34-24-28-12-6-2-7-13-28)16-17-32(31)35-25-29-14-8-3-9-15-29/h1-17,23,27H,18-22,24-25H2. The lowest BCUT2D eigenvalue weighted by Gasteiger charge is -2.34. The van der Waals surface area contributed by atoms with Crippen molar-refractivity contribution in [2.24, 2.45) is 5.92 Å². The molecule has 35 heavy (non-hydrogen) atoms. The van der Waals surface area contributed by atoms with Gasteiger partial charge in [-0.1, -0.05) is 91.0 Å². The van der Waals surface area contributed by atoms with Crippen LogP contribution in [0.5, 0.6) is 11.5 Å². The Hall–Kier alpha value is -3.72. The summed E-state index contributed by atoms with van der Waals surface area (Å²) in [6.07, 6.45) is 3.52. The largest absolute Gasteiger partial charge is 0.489 e. The lowest BCUT2D eigenvalue weighted by atomic mass is 9.90. The van der Waals surface area contributed by atoms with Gasteiger partial charge < -0.3 is 14.4 Å². The van der Waals surface area contributed by atoms with Crippen molar-refractivity contribution in [1.29, 1.82) is 0 Å². The molecule has 0 N–H and O–H groups in total. The second-order valence-corrected chi connectivity index (χ2v) is 9.30. The number of hydrogen-bond acceptors (Lipinski definition) is 3. The highest BCUT2D eigenvalue weighted by atomic mass is 16.5. The maximum atomic E-state index is 6.32. The van der Waals surface area contributed by atoms with Gasteiger partial charge in [-0.3, -0.25) is 0 Å². The number of ether oxygens (including phenoxy) is 2. The molecule has 1 saturated heterocycles. The topological polar surface area (TPSA) is 21.7 Å². The third kappa shape index (κ3) is 6.45. The van der Waals surface area contributed by atoms with E-state index in [-0.39, 0.29) is 0 Å². The first kappa shape index (κ1) is 23.0. The zero-order chi connectivity index (χ0) is 23.7. The summed E-state index contributed by atoms with van der Waals surface area (Å²) < 4.78 is 12.5. The molecule has 4 aromatic rings. The highest BCUT2D eigenvalue weighted by molar-refractivity contribution is 5.62. The summed E-state index contributed by atoms with van der Waals surface area (Å²) in [4.78, 5) is 2.47. The Balaban J connectivity index is 1.29. The normalized spacial score (nSPS) is 14.0. The van der Waals surface area contributed by atoms with Gasteiger partial charge in [0.05, 0.1) is 5.69 Å². The van der Waals surface area contributed by atoms with E-state index in [4.69, 9.17) is 9.47 Å². The molecular weight excluding hydrogens is 430 g/mol. The van der Waals surface area contributed by atoms with Crippen LogP contribution in [0.2, 0.25) is 0 Å². The molecule has 0 aliphatic carbocycles. The lowest BCUT2D eigenvalue weighted by Crippen LogP contribution is -2.34. The maximum absolute atomic E-state index is 6.32. The van der Waals surface area contributed by atoms with Crippen LogP contribution in [0, 0.1) is 5.92 Å². The SMILES string of the molecule is c1ccc(COc2ccc(OCc3ccccc3)c(N3CCC(Cc4ccccc4)CC3)c2)cc1. The van der Waals surface area contributed by atoms with Gasteiger partial charge in [0.2, 0.25) is 0 Å². The van der Waals surface area contributed by atoms with E-state index in [0.717, 1.165) is 42.6 Å². The average molecular weight is 464 g/mol. The first-order valence-corrected chi connectivity index (χ1v) is 12.6. The Kier molecular flexibility index (Phi) is 7.65.